The van der Waals surface area contributed by atoms with E-state index in [0.717, 1.165) is 15.8 Å². The van der Waals surface area contributed by atoms with Crippen molar-refractivity contribution in [3.63, 3.8) is 0 Å². The molecule has 1 aliphatic heterocycles. The number of aryl methyl sites for hydroxylation is 2. The summed E-state index contributed by atoms with van der Waals surface area (Å²) in [7, 11) is 1.57. The number of thioether (sulfide) groups is 1. The summed E-state index contributed by atoms with van der Waals surface area (Å²) in [6.45, 7) is 4.88. The first-order valence-electron chi connectivity index (χ1n) is 8.82. The third-order valence-electron chi connectivity index (χ3n) is 4.27. The van der Waals surface area contributed by atoms with Crippen LogP contribution in [0.3, 0.4) is 0 Å². The molecule has 5 nitrogen and oxygen atoms in total. The molecule has 8 heteroatoms. The Morgan fingerprint density at radius 2 is 1.90 bits per heavy atom. The molecule has 0 atom stereocenters. The van der Waals surface area contributed by atoms with Crippen molar-refractivity contribution in [1.82, 2.24) is 5.32 Å². The van der Waals surface area contributed by atoms with Crippen molar-refractivity contribution in [2.75, 3.05) is 20.3 Å². The van der Waals surface area contributed by atoms with Crippen molar-refractivity contribution in [2.45, 2.75) is 13.8 Å². The topological polar surface area (TPSA) is 56.8 Å². The lowest BCUT2D eigenvalue weighted by molar-refractivity contribution is -0.115. The maximum absolute atomic E-state index is 11.9. The largest absolute Gasteiger partial charge is 0.493 e. The van der Waals surface area contributed by atoms with Crippen LogP contribution in [0.1, 0.15) is 16.7 Å². The normalized spacial score (nSPS) is 14.8. The standard InChI is InChI=1S/C21H20BrNO4S2/c1-12-4-5-15(8-13(12)2)26-6-7-27-19-16(22)9-14(10-17(19)25-3)11-18-20(24)23-21(28)29-18/h4-5,8-11H,6-7H2,1-3H3,(H,23,24,28). The fourth-order valence-corrected chi connectivity index (χ4v) is 4.26. The fraction of sp³-hybridized carbons (Fsp3) is 0.238. The first kappa shape index (κ1) is 21.7. The summed E-state index contributed by atoms with van der Waals surface area (Å²) in [5.74, 6) is 1.76. The second kappa shape index (κ2) is 9.65. The minimum absolute atomic E-state index is 0.195. The van der Waals surface area contributed by atoms with Crippen molar-refractivity contribution < 1.29 is 19.0 Å². The monoisotopic (exact) mass is 493 g/mol. The lowest BCUT2D eigenvalue weighted by Crippen LogP contribution is -2.17. The highest BCUT2D eigenvalue weighted by molar-refractivity contribution is 9.10. The van der Waals surface area contributed by atoms with Crippen LogP contribution in [0.2, 0.25) is 0 Å². The van der Waals surface area contributed by atoms with Gasteiger partial charge in [0.2, 0.25) is 0 Å². The number of methoxy groups -OCH3 is 1. The van der Waals surface area contributed by atoms with E-state index in [-0.39, 0.29) is 5.91 Å². The quantitative estimate of drug-likeness (QED) is 0.332. The van der Waals surface area contributed by atoms with Crippen LogP contribution >= 0.6 is 39.9 Å². The lowest BCUT2D eigenvalue weighted by atomic mass is 10.1. The van der Waals surface area contributed by atoms with Crippen molar-refractivity contribution in [3.05, 3.63) is 56.4 Å². The van der Waals surface area contributed by atoms with Gasteiger partial charge in [-0.15, -0.1) is 0 Å². The molecule has 0 bridgehead atoms. The number of ether oxygens (including phenoxy) is 3. The molecule has 152 valence electrons. The molecule has 1 amide bonds. The SMILES string of the molecule is COc1cc(C=C2SC(=S)NC2=O)cc(Br)c1OCCOc1ccc(C)c(C)c1. The van der Waals surface area contributed by atoms with Gasteiger partial charge in [-0.3, -0.25) is 4.79 Å². The van der Waals surface area contributed by atoms with Crippen LogP contribution in [-0.4, -0.2) is 30.6 Å². The minimum atomic E-state index is -0.195. The Hall–Kier alpha value is -2.03. The zero-order chi connectivity index (χ0) is 21.0. The molecule has 0 aliphatic carbocycles. The molecule has 1 aliphatic rings. The molecule has 1 N–H and O–H groups in total. The Bertz CT molecular complexity index is 991. The molecule has 3 rings (SSSR count). The number of thiocarbonyl (C=S) groups is 1. The van der Waals surface area contributed by atoms with E-state index >= 15 is 0 Å². The smallest absolute Gasteiger partial charge is 0.263 e. The molecule has 0 aromatic heterocycles. The van der Waals surface area contributed by atoms with Crippen LogP contribution in [0.15, 0.2) is 39.7 Å². The van der Waals surface area contributed by atoms with Crippen LogP contribution < -0.4 is 19.5 Å². The Balaban J connectivity index is 1.66. The Kier molecular flexibility index (Phi) is 7.21. The molecule has 1 fully saturated rings. The van der Waals surface area contributed by atoms with Gasteiger partial charge in [-0.05, 0) is 76.8 Å². The van der Waals surface area contributed by atoms with Gasteiger partial charge in [-0.1, -0.05) is 30.0 Å². The van der Waals surface area contributed by atoms with Gasteiger partial charge in [0.15, 0.2) is 11.5 Å². The Labute approximate surface area is 187 Å². The van der Waals surface area contributed by atoms with E-state index in [4.69, 9.17) is 26.4 Å². The number of benzene rings is 2. The van der Waals surface area contributed by atoms with E-state index in [1.54, 1.807) is 13.2 Å². The molecule has 2 aromatic carbocycles. The van der Waals surface area contributed by atoms with E-state index in [0.29, 0.717) is 33.9 Å². The van der Waals surface area contributed by atoms with E-state index in [1.165, 1.54) is 22.9 Å². The number of rotatable bonds is 7. The third kappa shape index (κ3) is 5.52. The molecule has 0 radical (unpaired) electrons. The zero-order valence-corrected chi connectivity index (χ0v) is 19.4. The van der Waals surface area contributed by atoms with Gasteiger partial charge in [-0.25, -0.2) is 0 Å². The summed E-state index contributed by atoms with van der Waals surface area (Å²) < 4.78 is 18.3. The highest BCUT2D eigenvalue weighted by Gasteiger charge is 2.22. The summed E-state index contributed by atoms with van der Waals surface area (Å²) in [6.07, 6.45) is 1.76. The molecule has 1 saturated heterocycles. The summed E-state index contributed by atoms with van der Waals surface area (Å²) in [6, 6.07) is 9.67. The predicted molar refractivity (Wildman–Crippen MR) is 124 cm³/mol. The number of carbonyl (C=O) groups is 1. The van der Waals surface area contributed by atoms with Gasteiger partial charge in [-0.2, -0.15) is 0 Å². The summed E-state index contributed by atoms with van der Waals surface area (Å²) in [5, 5.41) is 2.60. The lowest BCUT2D eigenvalue weighted by Gasteiger charge is -2.14. The number of hydrogen-bond acceptors (Lipinski definition) is 6. The van der Waals surface area contributed by atoms with Crippen LogP contribution in [0.4, 0.5) is 0 Å². The van der Waals surface area contributed by atoms with E-state index in [2.05, 4.69) is 35.1 Å². The second-order valence-corrected chi connectivity index (χ2v) is 8.90. The molecular formula is C21H20BrNO4S2. The van der Waals surface area contributed by atoms with Gasteiger partial charge >= 0.3 is 0 Å². The Morgan fingerprint density at radius 1 is 1.14 bits per heavy atom. The molecule has 0 unspecified atom stereocenters. The van der Waals surface area contributed by atoms with Crippen molar-refractivity contribution in [3.8, 4) is 17.2 Å². The van der Waals surface area contributed by atoms with E-state index in [1.807, 2.05) is 30.3 Å². The molecule has 1 heterocycles. The van der Waals surface area contributed by atoms with Crippen molar-refractivity contribution >= 4 is 56.2 Å². The average Bonchev–Trinajstić information content (AvgIpc) is 2.99. The molecule has 0 saturated carbocycles. The summed E-state index contributed by atoms with van der Waals surface area (Å²) >= 11 is 9.77. The van der Waals surface area contributed by atoms with Crippen LogP contribution in [-0.2, 0) is 4.79 Å². The van der Waals surface area contributed by atoms with E-state index in [9.17, 15) is 4.79 Å². The second-order valence-electron chi connectivity index (χ2n) is 6.33. The van der Waals surface area contributed by atoms with Gasteiger partial charge in [0.05, 0.1) is 16.5 Å². The molecule has 2 aromatic rings. The number of nitrogens with one attached hydrogen (secondary N) is 1. The summed E-state index contributed by atoms with van der Waals surface area (Å²) in [5.41, 5.74) is 3.22. The van der Waals surface area contributed by atoms with Gasteiger partial charge in [0, 0.05) is 0 Å². The highest BCUT2D eigenvalue weighted by atomic mass is 79.9. The summed E-state index contributed by atoms with van der Waals surface area (Å²) in [4.78, 5) is 12.4. The third-order valence-corrected chi connectivity index (χ3v) is 6.02. The fourth-order valence-electron chi connectivity index (χ4n) is 2.64. The average molecular weight is 494 g/mol. The van der Waals surface area contributed by atoms with Crippen LogP contribution in [0.5, 0.6) is 17.2 Å². The van der Waals surface area contributed by atoms with Gasteiger partial charge < -0.3 is 19.5 Å². The maximum Gasteiger partial charge on any atom is 0.263 e. The molecule has 0 spiro atoms. The molecule has 29 heavy (non-hydrogen) atoms. The van der Waals surface area contributed by atoms with Crippen LogP contribution in [0.25, 0.3) is 6.08 Å². The highest BCUT2D eigenvalue weighted by Crippen LogP contribution is 2.38. The number of hydrogen-bond donors (Lipinski definition) is 1. The van der Waals surface area contributed by atoms with Crippen molar-refractivity contribution in [2.24, 2.45) is 0 Å². The number of amides is 1. The van der Waals surface area contributed by atoms with E-state index < -0.39 is 0 Å². The first-order chi connectivity index (χ1) is 13.9. The minimum Gasteiger partial charge on any atom is -0.493 e. The zero-order valence-electron chi connectivity index (χ0n) is 16.2. The maximum atomic E-state index is 11.9. The predicted octanol–water partition coefficient (Wildman–Crippen LogP) is 5.02. The molecular weight excluding hydrogens is 474 g/mol. The first-order valence-corrected chi connectivity index (χ1v) is 10.8. The van der Waals surface area contributed by atoms with Crippen molar-refractivity contribution in [1.29, 1.82) is 0 Å². The van der Waals surface area contributed by atoms with Gasteiger partial charge in [0.1, 0.15) is 23.3 Å². The van der Waals surface area contributed by atoms with Gasteiger partial charge in [0.25, 0.3) is 5.91 Å². The van der Waals surface area contributed by atoms with Crippen LogP contribution in [0, 0.1) is 13.8 Å². The number of halogens is 1. The Morgan fingerprint density at radius 3 is 2.55 bits per heavy atom. The number of carbonyl (C=O) groups excluding carboxylic acids is 1.